The van der Waals surface area contributed by atoms with Crippen LogP contribution in [0.1, 0.15) is 25.0 Å². The number of carbonyl (C=O) groups is 1. The van der Waals surface area contributed by atoms with Gasteiger partial charge in [-0.1, -0.05) is 0 Å². The van der Waals surface area contributed by atoms with Gasteiger partial charge in [-0.2, -0.15) is 0 Å². The molecule has 2 heterocycles. The van der Waals surface area contributed by atoms with E-state index in [0.29, 0.717) is 26.0 Å². The quantitative estimate of drug-likeness (QED) is 0.794. The average molecular weight is 297 g/mol. The Morgan fingerprint density at radius 3 is 3.00 bits per heavy atom. The van der Waals surface area contributed by atoms with Crippen molar-refractivity contribution in [2.75, 3.05) is 33.4 Å². The standard InChI is InChI=1S/C14H23N3O2S/c1-19-10-14(4-6-15-7-5-14)9-16-13(18)3-2-12-8-20-11-17-12/h8,11,15H,2-7,9-10H2,1H3,(H,16,18). The van der Waals surface area contributed by atoms with E-state index in [1.807, 2.05) is 5.38 Å². The Morgan fingerprint density at radius 1 is 1.55 bits per heavy atom. The fourth-order valence-electron chi connectivity index (χ4n) is 2.61. The molecule has 0 aromatic carbocycles. The molecule has 2 N–H and O–H groups in total. The highest BCUT2D eigenvalue weighted by Crippen LogP contribution is 2.28. The molecule has 1 aliphatic heterocycles. The highest BCUT2D eigenvalue weighted by Gasteiger charge is 2.32. The van der Waals surface area contributed by atoms with Gasteiger partial charge >= 0.3 is 0 Å². The molecule has 1 aliphatic rings. The van der Waals surface area contributed by atoms with Gasteiger partial charge in [-0.25, -0.2) is 4.98 Å². The first-order valence-electron chi connectivity index (χ1n) is 7.07. The first kappa shape index (κ1) is 15.4. The summed E-state index contributed by atoms with van der Waals surface area (Å²) in [6.07, 6.45) is 3.32. The minimum absolute atomic E-state index is 0.0935. The number of hydrogen-bond acceptors (Lipinski definition) is 5. The van der Waals surface area contributed by atoms with E-state index in [0.717, 1.165) is 31.6 Å². The molecule has 0 unspecified atom stereocenters. The molecule has 0 radical (unpaired) electrons. The Kier molecular flexibility index (Phi) is 5.94. The maximum atomic E-state index is 11.9. The van der Waals surface area contributed by atoms with Gasteiger partial charge in [0.25, 0.3) is 0 Å². The molecule has 1 aromatic heterocycles. The van der Waals surface area contributed by atoms with E-state index < -0.39 is 0 Å². The van der Waals surface area contributed by atoms with E-state index in [1.54, 1.807) is 24.0 Å². The van der Waals surface area contributed by atoms with Crippen LogP contribution in [0.15, 0.2) is 10.9 Å². The SMILES string of the molecule is COCC1(CNC(=O)CCc2cscn2)CCNCC1. The van der Waals surface area contributed by atoms with E-state index in [1.165, 1.54) is 0 Å². The van der Waals surface area contributed by atoms with Gasteiger partial charge in [-0.15, -0.1) is 11.3 Å². The third-order valence-electron chi connectivity index (χ3n) is 3.87. The van der Waals surface area contributed by atoms with Crippen LogP contribution in [0.2, 0.25) is 0 Å². The normalized spacial score (nSPS) is 17.9. The van der Waals surface area contributed by atoms with Gasteiger partial charge in [-0.3, -0.25) is 4.79 Å². The number of aryl methyl sites for hydroxylation is 1. The van der Waals surface area contributed by atoms with Crippen LogP contribution in [0.25, 0.3) is 0 Å². The molecule has 1 amide bonds. The molecule has 5 nitrogen and oxygen atoms in total. The second-order valence-electron chi connectivity index (χ2n) is 5.44. The molecule has 112 valence electrons. The predicted molar refractivity (Wildman–Crippen MR) is 79.9 cm³/mol. The van der Waals surface area contributed by atoms with E-state index in [4.69, 9.17) is 4.74 Å². The number of ether oxygens (including phenoxy) is 1. The molecule has 1 fully saturated rings. The van der Waals surface area contributed by atoms with Gasteiger partial charge in [0.1, 0.15) is 0 Å². The van der Waals surface area contributed by atoms with Crippen molar-refractivity contribution in [1.82, 2.24) is 15.6 Å². The van der Waals surface area contributed by atoms with Crippen molar-refractivity contribution in [2.24, 2.45) is 5.41 Å². The van der Waals surface area contributed by atoms with Crippen molar-refractivity contribution in [3.63, 3.8) is 0 Å². The summed E-state index contributed by atoms with van der Waals surface area (Å²) >= 11 is 1.57. The van der Waals surface area contributed by atoms with Crippen LogP contribution in [0.4, 0.5) is 0 Å². The Labute approximate surface area is 124 Å². The molecule has 0 aliphatic carbocycles. The van der Waals surface area contributed by atoms with Crippen LogP contribution in [-0.4, -0.2) is 44.2 Å². The monoisotopic (exact) mass is 297 g/mol. The Bertz CT molecular complexity index is 397. The summed E-state index contributed by atoms with van der Waals surface area (Å²) in [6.45, 7) is 3.41. The number of amides is 1. The minimum Gasteiger partial charge on any atom is -0.384 e. The van der Waals surface area contributed by atoms with Crippen molar-refractivity contribution in [2.45, 2.75) is 25.7 Å². The summed E-state index contributed by atoms with van der Waals surface area (Å²) in [4.78, 5) is 16.1. The van der Waals surface area contributed by atoms with Crippen LogP contribution in [0.3, 0.4) is 0 Å². The van der Waals surface area contributed by atoms with Gasteiger partial charge in [0, 0.05) is 30.9 Å². The predicted octanol–water partition coefficient (Wildman–Crippen LogP) is 1.21. The molecular formula is C14H23N3O2S. The van der Waals surface area contributed by atoms with Gasteiger partial charge in [0.05, 0.1) is 17.8 Å². The number of piperidine rings is 1. The minimum atomic E-state index is 0.0935. The fourth-order valence-corrected chi connectivity index (χ4v) is 3.21. The van der Waals surface area contributed by atoms with Crippen molar-refractivity contribution in [3.05, 3.63) is 16.6 Å². The van der Waals surface area contributed by atoms with Crippen LogP contribution >= 0.6 is 11.3 Å². The molecule has 0 spiro atoms. The van der Waals surface area contributed by atoms with Crippen LogP contribution < -0.4 is 10.6 Å². The Morgan fingerprint density at radius 2 is 2.35 bits per heavy atom. The molecule has 0 bridgehead atoms. The second-order valence-corrected chi connectivity index (χ2v) is 6.16. The van der Waals surface area contributed by atoms with Gasteiger partial charge in [-0.05, 0) is 32.4 Å². The van der Waals surface area contributed by atoms with E-state index in [2.05, 4.69) is 15.6 Å². The zero-order valence-corrected chi connectivity index (χ0v) is 12.8. The smallest absolute Gasteiger partial charge is 0.220 e. The number of thiazole rings is 1. The van der Waals surface area contributed by atoms with Crippen molar-refractivity contribution in [3.8, 4) is 0 Å². The lowest BCUT2D eigenvalue weighted by Crippen LogP contribution is -2.47. The number of methoxy groups -OCH3 is 1. The average Bonchev–Trinajstić information content (AvgIpc) is 2.98. The third-order valence-corrected chi connectivity index (χ3v) is 4.50. The first-order valence-corrected chi connectivity index (χ1v) is 8.02. The molecule has 6 heteroatoms. The molecule has 2 rings (SSSR count). The molecule has 0 atom stereocenters. The van der Waals surface area contributed by atoms with Crippen molar-refractivity contribution in [1.29, 1.82) is 0 Å². The molecule has 1 aromatic rings. The van der Waals surface area contributed by atoms with Gasteiger partial charge in [0.2, 0.25) is 5.91 Å². The number of nitrogens with one attached hydrogen (secondary N) is 2. The largest absolute Gasteiger partial charge is 0.384 e. The summed E-state index contributed by atoms with van der Waals surface area (Å²) in [5.74, 6) is 0.104. The maximum Gasteiger partial charge on any atom is 0.220 e. The number of nitrogens with zero attached hydrogens (tertiary/aromatic N) is 1. The highest BCUT2D eigenvalue weighted by molar-refractivity contribution is 7.07. The van der Waals surface area contributed by atoms with E-state index in [-0.39, 0.29) is 11.3 Å². The Hall–Kier alpha value is -0.980. The summed E-state index contributed by atoms with van der Waals surface area (Å²) in [7, 11) is 1.73. The zero-order chi connectivity index (χ0) is 14.3. The lowest BCUT2D eigenvalue weighted by atomic mass is 9.79. The number of aromatic nitrogens is 1. The molecule has 0 saturated carbocycles. The lowest BCUT2D eigenvalue weighted by molar-refractivity contribution is -0.122. The topological polar surface area (TPSA) is 63.2 Å². The summed E-state index contributed by atoms with van der Waals surface area (Å²) < 4.78 is 5.35. The van der Waals surface area contributed by atoms with Crippen LogP contribution in [0, 0.1) is 5.41 Å². The number of rotatable bonds is 7. The summed E-state index contributed by atoms with van der Waals surface area (Å²) in [6, 6.07) is 0. The number of carbonyl (C=O) groups excluding carboxylic acids is 1. The van der Waals surface area contributed by atoms with E-state index in [9.17, 15) is 4.79 Å². The first-order chi connectivity index (χ1) is 9.74. The van der Waals surface area contributed by atoms with Crippen molar-refractivity contribution < 1.29 is 9.53 Å². The highest BCUT2D eigenvalue weighted by atomic mass is 32.1. The summed E-state index contributed by atoms with van der Waals surface area (Å²) in [5.41, 5.74) is 2.89. The van der Waals surface area contributed by atoms with Crippen molar-refractivity contribution >= 4 is 17.2 Å². The molecular weight excluding hydrogens is 274 g/mol. The third kappa shape index (κ3) is 4.54. The number of hydrogen-bond donors (Lipinski definition) is 2. The van der Waals surface area contributed by atoms with Gasteiger partial charge in [0.15, 0.2) is 0 Å². The fraction of sp³-hybridized carbons (Fsp3) is 0.714. The Balaban J connectivity index is 1.75. The molecule has 1 saturated heterocycles. The van der Waals surface area contributed by atoms with E-state index >= 15 is 0 Å². The molecule has 20 heavy (non-hydrogen) atoms. The summed E-state index contributed by atoms with van der Waals surface area (Å²) in [5, 5.41) is 8.42. The lowest BCUT2D eigenvalue weighted by Gasteiger charge is -2.37. The second kappa shape index (κ2) is 7.71. The van der Waals surface area contributed by atoms with Crippen LogP contribution in [0.5, 0.6) is 0 Å². The zero-order valence-electron chi connectivity index (χ0n) is 12.0. The van der Waals surface area contributed by atoms with Crippen LogP contribution in [-0.2, 0) is 16.0 Å². The van der Waals surface area contributed by atoms with Gasteiger partial charge < -0.3 is 15.4 Å². The maximum absolute atomic E-state index is 11.9.